The summed E-state index contributed by atoms with van der Waals surface area (Å²) in [4.78, 5) is 32.0. The Bertz CT molecular complexity index is 1390. The van der Waals surface area contributed by atoms with Crippen LogP contribution in [-0.4, -0.2) is 29.9 Å². The van der Waals surface area contributed by atoms with Crippen LogP contribution in [0.4, 0.5) is 26.6 Å². The third-order valence-electron chi connectivity index (χ3n) is 5.74. The van der Waals surface area contributed by atoms with Crippen molar-refractivity contribution < 1.29 is 14.0 Å². The molecule has 0 saturated heterocycles. The number of nitrogens with two attached hydrogens (primary N) is 1. The second-order valence-electron chi connectivity index (χ2n) is 8.11. The number of hydrogen-bond donors (Lipinski definition) is 3. The maximum absolute atomic E-state index is 13.4. The Balaban J connectivity index is 1.36. The van der Waals surface area contributed by atoms with E-state index in [2.05, 4.69) is 15.6 Å². The van der Waals surface area contributed by atoms with Crippen molar-refractivity contribution in [1.82, 2.24) is 4.98 Å². The fourth-order valence-electron chi connectivity index (χ4n) is 3.96. The van der Waals surface area contributed by atoms with Crippen molar-refractivity contribution in [1.29, 1.82) is 0 Å². The lowest BCUT2D eigenvalue weighted by Crippen LogP contribution is -2.38. The van der Waals surface area contributed by atoms with Crippen LogP contribution in [0, 0.1) is 5.82 Å². The van der Waals surface area contributed by atoms with Gasteiger partial charge in [-0.15, -0.1) is 11.3 Å². The first kappa shape index (κ1) is 22.5. The van der Waals surface area contributed by atoms with Gasteiger partial charge in [0.2, 0.25) is 5.91 Å². The number of carbonyl (C=O) groups is 2. The molecule has 3 aromatic carbocycles. The fourth-order valence-corrected chi connectivity index (χ4v) is 4.54. The summed E-state index contributed by atoms with van der Waals surface area (Å²) < 4.78 is 13.4. The van der Waals surface area contributed by atoms with Gasteiger partial charge in [0, 0.05) is 40.1 Å². The number of fused-ring (bicyclic) bond motifs is 1. The highest BCUT2D eigenvalue weighted by Crippen LogP contribution is 2.29. The quantitative estimate of drug-likeness (QED) is 0.363. The summed E-state index contributed by atoms with van der Waals surface area (Å²) >= 11 is 1.36. The molecule has 0 spiro atoms. The van der Waals surface area contributed by atoms with Crippen LogP contribution in [0.25, 0.3) is 11.3 Å². The van der Waals surface area contributed by atoms with E-state index < -0.39 is 11.7 Å². The predicted molar refractivity (Wildman–Crippen MR) is 137 cm³/mol. The van der Waals surface area contributed by atoms with Gasteiger partial charge in [-0.25, -0.2) is 9.37 Å². The Hall–Kier alpha value is -4.24. The summed E-state index contributed by atoms with van der Waals surface area (Å²) in [6, 6.07) is 18.2. The van der Waals surface area contributed by atoms with Crippen molar-refractivity contribution in [2.75, 3.05) is 34.4 Å². The van der Waals surface area contributed by atoms with Crippen molar-refractivity contribution >= 4 is 45.3 Å². The molecule has 0 atom stereocenters. The largest absolute Gasteiger partial charge is 0.384 e. The predicted octanol–water partition coefficient (Wildman–Crippen LogP) is 4.78. The van der Waals surface area contributed by atoms with Crippen molar-refractivity contribution in [3.63, 3.8) is 0 Å². The Kier molecular flexibility index (Phi) is 6.15. The molecule has 2 heterocycles. The number of benzene rings is 3. The van der Waals surface area contributed by atoms with E-state index in [1.165, 1.54) is 40.5 Å². The third kappa shape index (κ3) is 4.99. The Morgan fingerprint density at radius 3 is 2.57 bits per heavy atom. The van der Waals surface area contributed by atoms with E-state index in [4.69, 9.17) is 5.73 Å². The SMILES string of the molecule is Nc1nc(-c2ccc(NC(=O)CN(C(=O)c3ccc(F)cc3)c3ccc4c(c3)NCC4)cc2)cs1. The second kappa shape index (κ2) is 9.55. The molecule has 0 fully saturated rings. The normalized spacial score (nSPS) is 12.0. The summed E-state index contributed by atoms with van der Waals surface area (Å²) in [7, 11) is 0. The molecule has 1 aliphatic rings. The molecule has 4 aromatic rings. The first-order valence-corrected chi connectivity index (χ1v) is 11.9. The van der Waals surface area contributed by atoms with E-state index in [0.717, 1.165) is 35.5 Å². The van der Waals surface area contributed by atoms with Gasteiger partial charge in [0.25, 0.3) is 5.91 Å². The topological polar surface area (TPSA) is 100 Å². The van der Waals surface area contributed by atoms with E-state index in [1.54, 1.807) is 12.1 Å². The van der Waals surface area contributed by atoms with Gasteiger partial charge < -0.3 is 16.4 Å². The average Bonchev–Trinajstić information content (AvgIpc) is 3.51. The van der Waals surface area contributed by atoms with Gasteiger partial charge in [-0.2, -0.15) is 0 Å². The molecule has 35 heavy (non-hydrogen) atoms. The molecule has 7 nitrogen and oxygen atoms in total. The average molecular weight is 488 g/mol. The minimum Gasteiger partial charge on any atom is -0.384 e. The minimum atomic E-state index is -0.434. The van der Waals surface area contributed by atoms with Gasteiger partial charge in [-0.05, 0) is 60.5 Å². The standard InChI is InChI=1S/C26H22FN5O2S/c27-19-6-1-18(2-7-19)25(34)32(21-10-5-17-11-12-29-22(17)13-21)14-24(33)30-20-8-3-16(4-9-20)23-15-35-26(28)31-23/h1-10,13,15,29H,11-12,14H2,(H2,28,31)(H,30,33). The Morgan fingerprint density at radius 2 is 1.86 bits per heavy atom. The summed E-state index contributed by atoms with van der Waals surface area (Å²) in [5.74, 6) is -1.19. The number of thiazole rings is 1. The molecule has 9 heteroatoms. The Morgan fingerprint density at radius 1 is 1.09 bits per heavy atom. The smallest absolute Gasteiger partial charge is 0.258 e. The van der Waals surface area contributed by atoms with E-state index in [0.29, 0.717) is 22.1 Å². The monoisotopic (exact) mass is 487 g/mol. The highest BCUT2D eigenvalue weighted by molar-refractivity contribution is 7.13. The van der Waals surface area contributed by atoms with Gasteiger partial charge in [-0.3, -0.25) is 14.5 Å². The van der Waals surface area contributed by atoms with Crippen molar-refractivity contribution in [2.24, 2.45) is 0 Å². The molecular weight excluding hydrogens is 465 g/mol. The molecular formula is C26H22FN5O2S. The van der Waals surface area contributed by atoms with Crippen molar-refractivity contribution in [2.45, 2.75) is 6.42 Å². The summed E-state index contributed by atoms with van der Waals surface area (Å²) in [5.41, 5.74) is 10.9. The number of rotatable bonds is 6. The van der Waals surface area contributed by atoms with Crippen LogP contribution in [0.1, 0.15) is 15.9 Å². The lowest BCUT2D eigenvalue weighted by atomic mass is 10.1. The molecule has 0 bridgehead atoms. The molecule has 0 saturated carbocycles. The summed E-state index contributed by atoms with van der Waals surface area (Å²) in [5, 5.41) is 8.50. The molecule has 0 unspecified atom stereocenters. The number of anilines is 4. The Labute approximate surface area is 205 Å². The molecule has 0 aliphatic carbocycles. The third-order valence-corrected chi connectivity index (χ3v) is 6.41. The molecule has 1 aliphatic heterocycles. The number of nitrogens with zero attached hydrogens (tertiary/aromatic N) is 2. The molecule has 5 rings (SSSR count). The van der Waals surface area contributed by atoms with Crippen LogP contribution >= 0.6 is 11.3 Å². The van der Waals surface area contributed by atoms with Crippen LogP contribution in [0.3, 0.4) is 0 Å². The number of aromatic nitrogens is 1. The maximum atomic E-state index is 13.4. The number of nitrogen functional groups attached to an aromatic ring is 1. The van der Waals surface area contributed by atoms with E-state index in [9.17, 15) is 14.0 Å². The number of nitrogens with one attached hydrogen (secondary N) is 2. The number of carbonyl (C=O) groups excluding carboxylic acids is 2. The van der Waals surface area contributed by atoms with Crippen LogP contribution in [0.15, 0.2) is 72.1 Å². The van der Waals surface area contributed by atoms with Gasteiger partial charge in [0.1, 0.15) is 12.4 Å². The van der Waals surface area contributed by atoms with Crippen LogP contribution in [0.5, 0.6) is 0 Å². The number of halogens is 1. The van der Waals surface area contributed by atoms with E-state index >= 15 is 0 Å². The fraction of sp³-hybridized carbons (Fsp3) is 0.115. The zero-order valence-corrected chi connectivity index (χ0v) is 19.4. The molecule has 2 amide bonds. The van der Waals surface area contributed by atoms with Crippen LogP contribution in [0.2, 0.25) is 0 Å². The highest BCUT2D eigenvalue weighted by atomic mass is 32.1. The molecule has 176 valence electrons. The van der Waals surface area contributed by atoms with Gasteiger partial charge >= 0.3 is 0 Å². The number of hydrogen-bond acceptors (Lipinski definition) is 6. The van der Waals surface area contributed by atoms with Gasteiger partial charge in [-0.1, -0.05) is 18.2 Å². The second-order valence-corrected chi connectivity index (χ2v) is 9.00. The maximum Gasteiger partial charge on any atom is 0.258 e. The number of amides is 2. The summed E-state index contributed by atoms with van der Waals surface area (Å²) in [6.45, 7) is 0.619. The highest BCUT2D eigenvalue weighted by Gasteiger charge is 2.23. The van der Waals surface area contributed by atoms with Crippen LogP contribution in [-0.2, 0) is 11.2 Å². The first-order valence-electron chi connectivity index (χ1n) is 11.0. The van der Waals surface area contributed by atoms with Gasteiger partial charge in [0.05, 0.1) is 5.69 Å². The van der Waals surface area contributed by atoms with E-state index in [-0.39, 0.29) is 12.5 Å². The zero-order chi connectivity index (χ0) is 24.4. The first-order chi connectivity index (χ1) is 17.0. The summed E-state index contributed by atoms with van der Waals surface area (Å²) in [6.07, 6.45) is 0.908. The lowest BCUT2D eigenvalue weighted by Gasteiger charge is -2.23. The lowest BCUT2D eigenvalue weighted by molar-refractivity contribution is -0.114. The van der Waals surface area contributed by atoms with Crippen LogP contribution < -0.4 is 21.3 Å². The zero-order valence-electron chi connectivity index (χ0n) is 18.6. The minimum absolute atomic E-state index is 0.209. The molecule has 4 N–H and O–H groups in total. The van der Waals surface area contributed by atoms with Crippen molar-refractivity contribution in [3.8, 4) is 11.3 Å². The van der Waals surface area contributed by atoms with Crippen molar-refractivity contribution in [3.05, 3.63) is 89.1 Å². The van der Waals surface area contributed by atoms with E-state index in [1.807, 2.05) is 35.7 Å². The molecule has 1 aromatic heterocycles. The molecule has 0 radical (unpaired) electrons. The van der Waals surface area contributed by atoms with Gasteiger partial charge in [0.15, 0.2) is 5.13 Å².